The van der Waals surface area contributed by atoms with E-state index in [2.05, 4.69) is 130 Å². The number of hydrogen-bond acceptors (Lipinski definition) is 14. The second kappa shape index (κ2) is 75.9. The van der Waals surface area contributed by atoms with Crippen LogP contribution in [-0.2, 0) is 55.8 Å². The fraction of sp³-hybridized carbons (Fsp3) is 0.747. The summed E-state index contributed by atoms with van der Waals surface area (Å²) in [6.07, 6.45) is 88.4. The number of aliphatic hydroxyl groups excluding tert-OH is 2. The first-order valence-corrected chi connectivity index (χ1v) is 43.2. The lowest BCUT2D eigenvalue weighted by molar-refractivity contribution is -0.161. The van der Waals surface area contributed by atoms with E-state index in [4.69, 9.17) is 32.3 Å². The van der Waals surface area contributed by atoms with Gasteiger partial charge in [-0.1, -0.05) is 323 Å². The standard InChI is InChI=1S/C83H146O16P2/c1-4-7-10-13-16-19-22-25-28-30-32-34-36-38-40-42-44-46-49-51-54-57-60-63-66-69-81(86)93-72-78(84)73-95-100(89,90)96-74-79(85)75-97-101(91,92)98-77-80(99-83(88)71-68-65-62-59-56-53-48-27-24-21-18-15-12-9-6-3)76-94-82(87)70-67-64-61-58-55-52-50-47-45-43-41-39-37-35-33-31-29-26-23-20-17-14-11-8-5-2/h7,10,16-17,19-20,25-26,28-29,32-35,38-41,78-80,84-85H,4-6,8-9,11-15,18,21-24,27,30-31,36-37,42-77H2,1-3H3,(H,89,90)(H,91,92)/b10-7-,19-16-,20-17-,28-25-,29-26-,34-32-,35-33-,40-38-,41-39-. The van der Waals surface area contributed by atoms with E-state index >= 15 is 0 Å². The lowest BCUT2D eigenvalue weighted by Crippen LogP contribution is -2.30. The molecule has 0 amide bonds. The van der Waals surface area contributed by atoms with Crippen LogP contribution in [0.3, 0.4) is 0 Å². The number of carbonyl (C=O) groups excluding carboxylic acids is 3. The molecule has 0 aliphatic heterocycles. The van der Waals surface area contributed by atoms with Crippen LogP contribution in [0.15, 0.2) is 109 Å². The SMILES string of the molecule is CC/C=C\C/C=C\C/C=C\C/C=C\C/C=C\CCCCCCCCCCCC(=O)OCC(O)COP(=O)(O)OCC(O)COP(=O)(O)OCC(COC(=O)CCCCCCCCCCC/C=C\C/C=C\C/C=C\C/C=C\CCCCC)OC(=O)CCCCCCCCCCCCCCCCC. The molecule has 0 aliphatic carbocycles. The summed E-state index contributed by atoms with van der Waals surface area (Å²) in [7, 11) is -9.79. The summed E-state index contributed by atoms with van der Waals surface area (Å²) in [5.74, 6) is -1.57. The van der Waals surface area contributed by atoms with E-state index in [9.17, 15) is 43.5 Å². The zero-order valence-electron chi connectivity index (χ0n) is 63.8. The predicted molar refractivity (Wildman–Crippen MR) is 417 cm³/mol. The Morgan fingerprint density at radius 3 is 0.851 bits per heavy atom. The number of carbonyl (C=O) groups is 3. The van der Waals surface area contributed by atoms with Crippen LogP contribution in [0.5, 0.6) is 0 Å². The molecule has 18 heteroatoms. The van der Waals surface area contributed by atoms with Gasteiger partial charge in [0.15, 0.2) is 6.10 Å². The third-order valence-electron chi connectivity index (χ3n) is 17.0. The average Bonchev–Trinajstić information content (AvgIpc) is 1.19. The van der Waals surface area contributed by atoms with Gasteiger partial charge in [0.05, 0.1) is 26.4 Å². The first-order chi connectivity index (χ1) is 49.2. The van der Waals surface area contributed by atoms with E-state index in [1.54, 1.807) is 0 Å². The third kappa shape index (κ3) is 77.1. The predicted octanol–water partition coefficient (Wildman–Crippen LogP) is 23.5. The number of ether oxygens (including phenoxy) is 3. The van der Waals surface area contributed by atoms with Gasteiger partial charge >= 0.3 is 33.6 Å². The maximum Gasteiger partial charge on any atom is 0.472 e. The van der Waals surface area contributed by atoms with Crippen molar-refractivity contribution in [3.8, 4) is 0 Å². The van der Waals surface area contributed by atoms with Crippen LogP contribution in [0.2, 0.25) is 0 Å². The van der Waals surface area contributed by atoms with Crippen molar-refractivity contribution in [2.24, 2.45) is 0 Å². The average molecular weight is 1460 g/mol. The monoisotopic (exact) mass is 1460 g/mol. The molecular formula is C83H146O16P2. The first-order valence-electron chi connectivity index (χ1n) is 40.2. The van der Waals surface area contributed by atoms with E-state index in [-0.39, 0.29) is 19.3 Å². The lowest BCUT2D eigenvalue weighted by Gasteiger charge is -2.21. The lowest BCUT2D eigenvalue weighted by atomic mass is 10.0. The first kappa shape index (κ1) is 97.2. The minimum Gasteiger partial charge on any atom is -0.463 e. The van der Waals surface area contributed by atoms with Crippen molar-refractivity contribution in [2.45, 2.75) is 360 Å². The molecule has 0 aromatic rings. The summed E-state index contributed by atoms with van der Waals surface area (Å²) < 4.78 is 61.2. The molecule has 5 unspecified atom stereocenters. The number of unbranched alkanes of at least 4 members (excludes halogenated alkanes) is 35. The Bertz CT molecular complexity index is 2270. The maximum atomic E-state index is 13.0. The highest BCUT2D eigenvalue weighted by molar-refractivity contribution is 7.47. The summed E-state index contributed by atoms with van der Waals surface area (Å²) in [4.78, 5) is 58.7. The van der Waals surface area contributed by atoms with Gasteiger partial charge in [-0.3, -0.25) is 32.5 Å². The van der Waals surface area contributed by atoms with E-state index in [0.29, 0.717) is 19.3 Å². The molecule has 0 saturated carbocycles. The Labute approximate surface area is 615 Å². The number of rotatable bonds is 76. The van der Waals surface area contributed by atoms with Crippen molar-refractivity contribution >= 4 is 33.6 Å². The molecule has 16 nitrogen and oxygen atoms in total. The van der Waals surface area contributed by atoms with Gasteiger partial charge in [-0.15, -0.1) is 0 Å². The quantitative estimate of drug-likeness (QED) is 0.0146. The zero-order chi connectivity index (χ0) is 73.7. The Morgan fingerprint density at radius 2 is 0.525 bits per heavy atom. The Balaban J connectivity index is 4.59. The van der Waals surface area contributed by atoms with E-state index in [1.807, 2.05) is 0 Å². The summed E-state index contributed by atoms with van der Waals surface area (Å²) in [6.45, 7) is 2.57. The van der Waals surface area contributed by atoms with Gasteiger partial charge in [-0.25, -0.2) is 9.13 Å². The van der Waals surface area contributed by atoms with Crippen molar-refractivity contribution < 1.29 is 75.8 Å². The number of esters is 3. The molecule has 0 aromatic carbocycles. The van der Waals surface area contributed by atoms with Gasteiger partial charge in [0.25, 0.3) is 0 Å². The van der Waals surface area contributed by atoms with Gasteiger partial charge in [0, 0.05) is 19.3 Å². The smallest absolute Gasteiger partial charge is 0.463 e. The Kier molecular flexibility index (Phi) is 73.0. The molecule has 0 saturated heterocycles. The molecule has 0 rings (SSSR count). The largest absolute Gasteiger partial charge is 0.472 e. The molecular weight excluding hydrogens is 1310 g/mol. The molecule has 0 radical (unpaired) electrons. The zero-order valence-corrected chi connectivity index (χ0v) is 65.6. The molecule has 584 valence electrons. The van der Waals surface area contributed by atoms with Crippen molar-refractivity contribution in [1.82, 2.24) is 0 Å². The molecule has 0 fully saturated rings. The van der Waals surface area contributed by atoms with Crippen LogP contribution in [-0.4, -0.2) is 95.9 Å². The number of phosphoric ester groups is 2. The summed E-state index contributed by atoms with van der Waals surface area (Å²) in [6, 6.07) is 0. The molecule has 5 atom stereocenters. The van der Waals surface area contributed by atoms with E-state index in [0.717, 1.165) is 141 Å². The summed E-state index contributed by atoms with van der Waals surface area (Å²) in [5, 5.41) is 20.6. The highest BCUT2D eigenvalue weighted by atomic mass is 31.2. The molecule has 0 aliphatic rings. The number of hydrogen-bond donors (Lipinski definition) is 4. The van der Waals surface area contributed by atoms with Gasteiger partial charge in [0.1, 0.15) is 25.4 Å². The number of allylic oxidation sites excluding steroid dienone is 18. The highest BCUT2D eigenvalue weighted by Crippen LogP contribution is 2.45. The van der Waals surface area contributed by atoms with Crippen LogP contribution in [0.1, 0.15) is 342 Å². The minimum absolute atomic E-state index is 0.106. The molecule has 101 heavy (non-hydrogen) atoms. The summed E-state index contributed by atoms with van der Waals surface area (Å²) >= 11 is 0. The topological polar surface area (TPSA) is 231 Å². The normalized spacial score (nSPS) is 14.6. The van der Waals surface area contributed by atoms with Crippen molar-refractivity contribution in [3.63, 3.8) is 0 Å². The molecule has 0 spiro atoms. The molecule has 0 bridgehead atoms. The fourth-order valence-corrected chi connectivity index (χ4v) is 12.5. The van der Waals surface area contributed by atoms with E-state index in [1.165, 1.54) is 141 Å². The van der Waals surface area contributed by atoms with E-state index < -0.39 is 91.5 Å². The van der Waals surface area contributed by atoms with Gasteiger partial charge < -0.3 is 34.2 Å². The fourth-order valence-electron chi connectivity index (χ4n) is 10.9. The van der Waals surface area contributed by atoms with Crippen LogP contribution >= 0.6 is 15.6 Å². The van der Waals surface area contributed by atoms with Crippen molar-refractivity contribution in [1.29, 1.82) is 0 Å². The second-order valence-electron chi connectivity index (χ2n) is 26.8. The third-order valence-corrected chi connectivity index (χ3v) is 18.9. The number of phosphoric acid groups is 2. The van der Waals surface area contributed by atoms with Crippen molar-refractivity contribution in [2.75, 3.05) is 39.6 Å². The number of aliphatic hydroxyl groups is 2. The molecule has 0 heterocycles. The van der Waals surface area contributed by atoms with Crippen LogP contribution in [0.25, 0.3) is 0 Å². The maximum absolute atomic E-state index is 13.0. The van der Waals surface area contributed by atoms with Crippen LogP contribution in [0, 0.1) is 0 Å². The highest BCUT2D eigenvalue weighted by Gasteiger charge is 2.29. The van der Waals surface area contributed by atoms with Gasteiger partial charge in [0.2, 0.25) is 0 Å². The van der Waals surface area contributed by atoms with Crippen molar-refractivity contribution in [3.05, 3.63) is 109 Å². The molecule has 0 aromatic heterocycles. The van der Waals surface area contributed by atoms with Crippen LogP contribution in [0.4, 0.5) is 0 Å². The second-order valence-corrected chi connectivity index (χ2v) is 29.8. The summed E-state index contributed by atoms with van der Waals surface area (Å²) in [5.41, 5.74) is 0. The Morgan fingerprint density at radius 1 is 0.287 bits per heavy atom. The van der Waals surface area contributed by atoms with Gasteiger partial charge in [-0.2, -0.15) is 0 Å². The molecule has 4 N–H and O–H groups in total. The van der Waals surface area contributed by atoms with Gasteiger partial charge in [-0.05, 0) is 109 Å². The Hall–Kier alpha value is -3.79. The minimum atomic E-state index is -4.93. The van der Waals surface area contributed by atoms with Crippen LogP contribution < -0.4 is 0 Å².